The molecule has 0 atom stereocenters. The Balaban J connectivity index is 1.74. The number of amides is 1. The van der Waals surface area contributed by atoms with E-state index in [4.69, 9.17) is 4.74 Å². The molecular weight excluding hydrogens is 342 g/mol. The number of pyridine rings is 1. The highest BCUT2D eigenvalue weighted by atomic mass is 19.1. The van der Waals surface area contributed by atoms with Gasteiger partial charge in [-0.05, 0) is 38.1 Å². The molecule has 8 heteroatoms. The first-order valence-corrected chi connectivity index (χ1v) is 7.79. The highest BCUT2D eigenvalue weighted by molar-refractivity contribution is 6.04. The van der Waals surface area contributed by atoms with Crippen molar-refractivity contribution in [3.8, 4) is 5.75 Å². The Morgan fingerprint density at radius 1 is 1.27 bits per heavy atom. The first-order chi connectivity index (χ1) is 12.5. The molecule has 0 spiro atoms. The van der Waals surface area contributed by atoms with Crippen LogP contribution in [-0.2, 0) is 6.73 Å². The number of hydrogen-bond donors (Lipinski definition) is 1. The predicted octanol–water partition coefficient (Wildman–Crippen LogP) is 3.46. The number of aromatic nitrogens is 3. The molecular formula is C18H16F2N4O2. The molecule has 2 aromatic heterocycles. The topological polar surface area (TPSA) is 69.0 Å². The highest BCUT2D eigenvalue weighted by Gasteiger charge is 2.16. The van der Waals surface area contributed by atoms with Crippen LogP contribution in [0.5, 0.6) is 5.75 Å². The first kappa shape index (κ1) is 17.5. The molecule has 1 amide bonds. The van der Waals surface area contributed by atoms with E-state index in [0.717, 1.165) is 12.1 Å². The van der Waals surface area contributed by atoms with Gasteiger partial charge in [0.2, 0.25) is 0 Å². The fourth-order valence-electron chi connectivity index (χ4n) is 2.41. The van der Waals surface area contributed by atoms with Crippen molar-refractivity contribution in [1.82, 2.24) is 14.8 Å². The summed E-state index contributed by atoms with van der Waals surface area (Å²) < 4.78 is 33.4. The number of rotatable bonds is 5. The molecule has 3 aromatic rings. The monoisotopic (exact) mass is 358 g/mol. The van der Waals surface area contributed by atoms with E-state index in [9.17, 15) is 13.6 Å². The number of anilines is 1. The minimum Gasteiger partial charge on any atom is -0.468 e. The van der Waals surface area contributed by atoms with Gasteiger partial charge in [-0.15, -0.1) is 0 Å². The summed E-state index contributed by atoms with van der Waals surface area (Å²) in [6.45, 7) is 3.40. The van der Waals surface area contributed by atoms with E-state index in [0.29, 0.717) is 22.6 Å². The molecule has 0 aliphatic rings. The average Bonchev–Trinajstić information content (AvgIpc) is 2.89. The van der Waals surface area contributed by atoms with Crippen molar-refractivity contribution in [1.29, 1.82) is 0 Å². The van der Waals surface area contributed by atoms with E-state index >= 15 is 0 Å². The predicted molar refractivity (Wildman–Crippen MR) is 90.9 cm³/mol. The Morgan fingerprint density at radius 3 is 2.77 bits per heavy atom. The van der Waals surface area contributed by atoms with Gasteiger partial charge in [0.05, 0.1) is 22.6 Å². The zero-order chi connectivity index (χ0) is 18.7. The van der Waals surface area contributed by atoms with Gasteiger partial charge in [0.25, 0.3) is 5.91 Å². The quantitative estimate of drug-likeness (QED) is 0.758. The van der Waals surface area contributed by atoms with Crippen LogP contribution < -0.4 is 10.1 Å². The van der Waals surface area contributed by atoms with Crippen LogP contribution in [-0.4, -0.2) is 20.7 Å². The molecule has 1 aromatic carbocycles. The van der Waals surface area contributed by atoms with E-state index in [-0.39, 0.29) is 18.4 Å². The van der Waals surface area contributed by atoms with Crippen molar-refractivity contribution in [3.63, 3.8) is 0 Å². The second-order valence-electron chi connectivity index (χ2n) is 5.59. The van der Waals surface area contributed by atoms with Crippen LogP contribution in [0.15, 0.2) is 42.7 Å². The summed E-state index contributed by atoms with van der Waals surface area (Å²) in [5, 5.41) is 7.07. The van der Waals surface area contributed by atoms with Crippen LogP contribution in [0.1, 0.15) is 21.7 Å². The largest absolute Gasteiger partial charge is 0.468 e. The molecule has 1 N–H and O–H groups in total. The lowest BCUT2D eigenvalue weighted by Gasteiger charge is -2.09. The van der Waals surface area contributed by atoms with Crippen LogP contribution in [0.2, 0.25) is 0 Å². The molecule has 0 saturated carbocycles. The lowest BCUT2D eigenvalue weighted by molar-refractivity contribution is 0.102. The molecule has 26 heavy (non-hydrogen) atoms. The van der Waals surface area contributed by atoms with Crippen molar-refractivity contribution in [2.75, 3.05) is 5.32 Å². The summed E-state index contributed by atoms with van der Waals surface area (Å²) in [5.41, 5.74) is 2.19. The summed E-state index contributed by atoms with van der Waals surface area (Å²) in [5.74, 6) is -1.87. The minimum absolute atomic E-state index is 0.0834. The second-order valence-corrected chi connectivity index (χ2v) is 5.59. The van der Waals surface area contributed by atoms with Crippen LogP contribution in [0.25, 0.3) is 0 Å². The van der Waals surface area contributed by atoms with Gasteiger partial charge in [0, 0.05) is 18.5 Å². The average molecular weight is 358 g/mol. The maximum Gasteiger partial charge on any atom is 0.257 e. The van der Waals surface area contributed by atoms with Crippen molar-refractivity contribution < 1.29 is 18.3 Å². The van der Waals surface area contributed by atoms with E-state index in [1.807, 2.05) is 0 Å². The SMILES string of the molecule is Cc1nn(COc2ccc(F)cc2F)c(C)c1NC(=O)c1cccnc1. The number of aryl methyl sites for hydroxylation is 1. The summed E-state index contributed by atoms with van der Waals surface area (Å²) in [7, 11) is 0. The van der Waals surface area contributed by atoms with E-state index in [2.05, 4.69) is 15.4 Å². The van der Waals surface area contributed by atoms with Gasteiger partial charge < -0.3 is 10.1 Å². The van der Waals surface area contributed by atoms with Crippen molar-refractivity contribution in [2.45, 2.75) is 20.6 Å². The van der Waals surface area contributed by atoms with E-state index < -0.39 is 11.6 Å². The lowest BCUT2D eigenvalue weighted by Crippen LogP contribution is -2.14. The normalized spacial score (nSPS) is 10.6. The zero-order valence-corrected chi connectivity index (χ0v) is 14.2. The third kappa shape index (κ3) is 3.69. The molecule has 0 radical (unpaired) electrons. The van der Waals surface area contributed by atoms with Crippen LogP contribution in [0.4, 0.5) is 14.5 Å². The summed E-state index contributed by atoms with van der Waals surface area (Å²) in [4.78, 5) is 16.2. The number of ether oxygens (including phenoxy) is 1. The number of carbonyl (C=O) groups excluding carboxylic acids is 1. The maximum absolute atomic E-state index is 13.6. The zero-order valence-electron chi connectivity index (χ0n) is 14.2. The summed E-state index contributed by atoms with van der Waals surface area (Å²) in [6.07, 6.45) is 3.04. The van der Waals surface area contributed by atoms with Crippen molar-refractivity contribution in [3.05, 3.63) is 71.3 Å². The number of nitrogens with zero attached hydrogens (tertiary/aromatic N) is 3. The molecule has 0 unspecified atom stereocenters. The highest BCUT2D eigenvalue weighted by Crippen LogP contribution is 2.22. The third-order valence-electron chi connectivity index (χ3n) is 3.78. The third-order valence-corrected chi connectivity index (χ3v) is 3.78. The van der Waals surface area contributed by atoms with Gasteiger partial charge in [0.1, 0.15) is 5.82 Å². The number of benzene rings is 1. The molecule has 2 heterocycles. The number of carbonyl (C=O) groups is 1. The van der Waals surface area contributed by atoms with Gasteiger partial charge in [-0.25, -0.2) is 13.5 Å². The number of nitrogens with one attached hydrogen (secondary N) is 1. The maximum atomic E-state index is 13.6. The van der Waals surface area contributed by atoms with Crippen molar-refractivity contribution in [2.24, 2.45) is 0 Å². The fourth-order valence-corrected chi connectivity index (χ4v) is 2.41. The molecule has 0 saturated heterocycles. The molecule has 134 valence electrons. The molecule has 0 bridgehead atoms. The van der Waals surface area contributed by atoms with Gasteiger partial charge in [-0.3, -0.25) is 9.78 Å². The van der Waals surface area contributed by atoms with E-state index in [1.54, 1.807) is 32.2 Å². The number of hydrogen-bond acceptors (Lipinski definition) is 4. The fraction of sp³-hybridized carbons (Fsp3) is 0.167. The number of halogens is 2. The van der Waals surface area contributed by atoms with Gasteiger partial charge in [0.15, 0.2) is 18.3 Å². The van der Waals surface area contributed by atoms with Gasteiger partial charge in [-0.1, -0.05) is 0 Å². The smallest absolute Gasteiger partial charge is 0.257 e. The Hall–Kier alpha value is -3.29. The van der Waals surface area contributed by atoms with Crippen molar-refractivity contribution >= 4 is 11.6 Å². The molecule has 3 rings (SSSR count). The summed E-state index contributed by atoms with van der Waals surface area (Å²) >= 11 is 0. The van der Waals surface area contributed by atoms with Crippen LogP contribution in [0.3, 0.4) is 0 Å². The Morgan fingerprint density at radius 2 is 2.08 bits per heavy atom. The van der Waals surface area contributed by atoms with Crippen LogP contribution >= 0.6 is 0 Å². The summed E-state index contributed by atoms with van der Waals surface area (Å²) in [6, 6.07) is 6.39. The lowest BCUT2D eigenvalue weighted by atomic mass is 10.2. The minimum atomic E-state index is -0.795. The molecule has 0 fully saturated rings. The van der Waals surface area contributed by atoms with Gasteiger partial charge >= 0.3 is 0 Å². The molecule has 0 aliphatic carbocycles. The molecule has 0 aliphatic heterocycles. The van der Waals surface area contributed by atoms with E-state index in [1.165, 1.54) is 16.9 Å². The Labute approximate surface area is 148 Å². The van der Waals surface area contributed by atoms with Crippen LogP contribution in [0, 0.1) is 25.5 Å². The van der Waals surface area contributed by atoms with Gasteiger partial charge in [-0.2, -0.15) is 5.10 Å². The second kappa shape index (κ2) is 7.30. The molecule has 6 nitrogen and oxygen atoms in total. The first-order valence-electron chi connectivity index (χ1n) is 7.79. The standard InChI is InChI=1S/C18H16F2N4O2/c1-11-17(22-18(25)13-4-3-7-21-9-13)12(2)24(23-11)10-26-16-6-5-14(19)8-15(16)20/h3-9H,10H2,1-2H3,(H,22,25). The Bertz CT molecular complexity index is 942. The Kier molecular flexibility index (Phi) is 4.92.